The Morgan fingerprint density at radius 1 is 1.43 bits per heavy atom. The Hall–Kier alpha value is -2.44. The van der Waals surface area contributed by atoms with E-state index in [-0.39, 0.29) is 11.8 Å². The van der Waals surface area contributed by atoms with Gasteiger partial charge in [-0.25, -0.2) is 9.97 Å². The van der Waals surface area contributed by atoms with Gasteiger partial charge in [0, 0.05) is 38.3 Å². The molecule has 0 aliphatic carbocycles. The van der Waals surface area contributed by atoms with E-state index in [1.807, 2.05) is 20.0 Å². The minimum atomic E-state index is 0.120. The molecule has 0 radical (unpaired) electrons. The van der Waals surface area contributed by atoms with Gasteiger partial charge in [0.05, 0.1) is 18.4 Å². The first-order valence-corrected chi connectivity index (χ1v) is 7.90. The molecular weight excluding hydrogens is 294 g/mol. The second-order valence-electron chi connectivity index (χ2n) is 5.67. The highest BCUT2D eigenvalue weighted by Gasteiger charge is 2.28. The van der Waals surface area contributed by atoms with E-state index in [4.69, 9.17) is 4.74 Å². The summed E-state index contributed by atoms with van der Waals surface area (Å²) in [6.45, 7) is 3.39. The summed E-state index contributed by atoms with van der Waals surface area (Å²) in [4.78, 5) is 23.0. The second kappa shape index (κ2) is 6.76. The third-order valence-electron chi connectivity index (χ3n) is 4.04. The Bertz CT molecular complexity index is 685. The SMILES string of the molecule is CCOc1cc(N2CCC[C@H]2CC(=O)c2cnn(C)c2)ncn1. The highest BCUT2D eigenvalue weighted by atomic mass is 16.5. The predicted molar refractivity (Wildman–Crippen MR) is 85.7 cm³/mol. The molecule has 1 aliphatic heterocycles. The normalized spacial score (nSPS) is 17.5. The van der Waals surface area contributed by atoms with E-state index in [2.05, 4.69) is 20.0 Å². The molecule has 3 heterocycles. The number of hydrogen-bond acceptors (Lipinski definition) is 6. The van der Waals surface area contributed by atoms with Crippen molar-refractivity contribution in [2.75, 3.05) is 18.1 Å². The van der Waals surface area contributed by atoms with Crippen LogP contribution in [0.5, 0.6) is 5.88 Å². The molecule has 0 N–H and O–H groups in total. The Kier molecular flexibility index (Phi) is 4.55. The van der Waals surface area contributed by atoms with Gasteiger partial charge in [-0.15, -0.1) is 0 Å². The van der Waals surface area contributed by atoms with Crippen LogP contribution in [0.3, 0.4) is 0 Å². The summed E-state index contributed by atoms with van der Waals surface area (Å²) >= 11 is 0. The average Bonchev–Trinajstić information content (AvgIpc) is 3.17. The Balaban J connectivity index is 1.72. The number of anilines is 1. The fourth-order valence-electron chi connectivity index (χ4n) is 2.96. The number of rotatable bonds is 6. The molecule has 1 fully saturated rings. The van der Waals surface area contributed by atoms with Crippen LogP contribution in [0.4, 0.5) is 5.82 Å². The maximum Gasteiger partial charge on any atom is 0.218 e. The lowest BCUT2D eigenvalue weighted by Gasteiger charge is -2.25. The molecule has 0 saturated carbocycles. The van der Waals surface area contributed by atoms with Crippen LogP contribution in [-0.4, -0.2) is 44.7 Å². The average molecular weight is 315 g/mol. The van der Waals surface area contributed by atoms with E-state index < -0.39 is 0 Å². The lowest BCUT2D eigenvalue weighted by molar-refractivity contribution is 0.0974. The molecule has 7 heteroatoms. The number of Topliss-reactive ketones (excluding diaryl/α,β-unsaturated/α-hetero) is 1. The third-order valence-corrected chi connectivity index (χ3v) is 4.04. The molecule has 2 aromatic rings. The second-order valence-corrected chi connectivity index (χ2v) is 5.67. The van der Waals surface area contributed by atoms with Gasteiger partial charge in [0.25, 0.3) is 0 Å². The molecule has 1 aliphatic rings. The van der Waals surface area contributed by atoms with E-state index in [1.54, 1.807) is 17.1 Å². The largest absolute Gasteiger partial charge is 0.478 e. The molecule has 0 spiro atoms. The minimum absolute atomic E-state index is 0.120. The van der Waals surface area contributed by atoms with Crippen molar-refractivity contribution in [2.45, 2.75) is 32.2 Å². The van der Waals surface area contributed by atoms with Crippen LogP contribution in [-0.2, 0) is 7.05 Å². The zero-order valence-electron chi connectivity index (χ0n) is 13.5. The van der Waals surface area contributed by atoms with Gasteiger partial charge in [-0.05, 0) is 19.8 Å². The van der Waals surface area contributed by atoms with Crippen molar-refractivity contribution in [3.05, 3.63) is 30.4 Å². The van der Waals surface area contributed by atoms with Gasteiger partial charge in [-0.3, -0.25) is 9.48 Å². The molecule has 0 aromatic carbocycles. The zero-order chi connectivity index (χ0) is 16.2. The first-order chi connectivity index (χ1) is 11.2. The van der Waals surface area contributed by atoms with Crippen molar-refractivity contribution >= 4 is 11.6 Å². The van der Waals surface area contributed by atoms with Crippen LogP contribution in [0.1, 0.15) is 36.5 Å². The quantitative estimate of drug-likeness (QED) is 0.758. The number of aromatic nitrogens is 4. The Morgan fingerprint density at radius 2 is 2.30 bits per heavy atom. The lowest BCUT2D eigenvalue weighted by Crippen LogP contribution is -2.32. The van der Waals surface area contributed by atoms with Gasteiger partial charge in [0.1, 0.15) is 12.1 Å². The van der Waals surface area contributed by atoms with Gasteiger partial charge in [0.15, 0.2) is 5.78 Å². The number of nitrogens with zero attached hydrogens (tertiary/aromatic N) is 5. The van der Waals surface area contributed by atoms with Crippen molar-refractivity contribution in [2.24, 2.45) is 7.05 Å². The van der Waals surface area contributed by atoms with E-state index in [1.165, 1.54) is 6.33 Å². The minimum Gasteiger partial charge on any atom is -0.478 e. The molecule has 23 heavy (non-hydrogen) atoms. The summed E-state index contributed by atoms with van der Waals surface area (Å²) in [5.41, 5.74) is 0.664. The van der Waals surface area contributed by atoms with Crippen LogP contribution >= 0.6 is 0 Å². The molecule has 1 atom stereocenters. The number of ketones is 1. The molecule has 0 amide bonds. The van der Waals surface area contributed by atoms with Crippen LogP contribution in [0.15, 0.2) is 24.8 Å². The molecule has 7 nitrogen and oxygen atoms in total. The molecule has 0 bridgehead atoms. The lowest BCUT2D eigenvalue weighted by atomic mass is 10.0. The van der Waals surface area contributed by atoms with E-state index in [0.29, 0.717) is 24.5 Å². The Labute approximate surface area is 135 Å². The Morgan fingerprint density at radius 3 is 3.04 bits per heavy atom. The molecule has 3 rings (SSSR count). The third kappa shape index (κ3) is 3.49. The summed E-state index contributed by atoms with van der Waals surface area (Å²) in [5, 5.41) is 4.07. The number of carbonyl (C=O) groups excluding carboxylic acids is 1. The summed E-state index contributed by atoms with van der Waals surface area (Å²) in [5.74, 6) is 1.51. The van der Waals surface area contributed by atoms with Gasteiger partial charge < -0.3 is 9.64 Å². The van der Waals surface area contributed by atoms with E-state index in [0.717, 1.165) is 25.2 Å². The van der Waals surface area contributed by atoms with Gasteiger partial charge in [-0.1, -0.05) is 0 Å². The first kappa shape index (κ1) is 15.5. The topological polar surface area (TPSA) is 73.1 Å². The molecule has 122 valence electrons. The summed E-state index contributed by atoms with van der Waals surface area (Å²) in [6.07, 6.45) is 7.41. The monoisotopic (exact) mass is 315 g/mol. The van der Waals surface area contributed by atoms with Gasteiger partial charge >= 0.3 is 0 Å². The standard InChI is InChI=1S/C16H21N5O2/c1-3-23-16-8-15(17-11-18-16)21-6-4-5-13(21)7-14(22)12-9-19-20(2)10-12/h8-11,13H,3-7H2,1-2H3/t13-/m0/s1. The summed E-state index contributed by atoms with van der Waals surface area (Å²) in [6, 6.07) is 2.00. The molecule has 0 unspecified atom stereocenters. The molecule has 2 aromatic heterocycles. The number of carbonyl (C=O) groups is 1. The summed E-state index contributed by atoms with van der Waals surface area (Å²) in [7, 11) is 1.81. The van der Waals surface area contributed by atoms with Crippen molar-refractivity contribution in [3.63, 3.8) is 0 Å². The van der Waals surface area contributed by atoms with Gasteiger partial charge in [0.2, 0.25) is 5.88 Å². The van der Waals surface area contributed by atoms with Crippen LogP contribution < -0.4 is 9.64 Å². The highest BCUT2D eigenvalue weighted by Crippen LogP contribution is 2.28. The fraction of sp³-hybridized carbons (Fsp3) is 0.500. The van der Waals surface area contributed by atoms with Gasteiger partial charge in [-0.2, -0.15) is 5.10 Å². The van der Waals surface area contributed by atoms with Crippen molar-refractivity contribution < 1.29 is 9.53 Å². The highest BCUT2D eigenvalue weighted by molar-refractivity contribution is 5.96. The van der Waals surface area contributed by atoms with E-state index in [9.17, 15) is 4.79 Å². The number of ether oxygens (including phenoxy) is 1. The predicted octanol–water partition coefficient (Wildman–Crippen LogP) is 1.85. The number of hydrogen-bond donors (Lipinski definition) is 0. The summed E-state index contributed by atoms with van der Waals surface area (Å²) < 4.78 is 7.09. The molecule has 1 saturated heterocycles. The van der Waals surface area contributed by atoms with Crippen molar-refractivity contribution in [1.82, 2.24) is 19.7 Å². The van der Waals surface area contributed by atoms with E-state index >= 15 is 0 Å². The smallest absolute Gasteiger partial charge is 0.218 e. The number of aryl methyl sites for hydroxylation is 1. The van der Waals surface area contributed by atoms with Crippen molar-refractivity contribution in [1.29, 1.82) is 0 Å². The van der Waals surface area contributed by atoms with Crippen molar-refractivity contribution in [3.8, 4) is 5.88 Å². The van der Waals surface area contributed by atoms with Crippen LogP contribution in [0.2, 0.25) is 0 Å². The first-order valence-electron chi connectivity index (χ1n) is 7.90. The van der Waals surface area contributed by atoms with Crippen LogP contribution in [0, 0.1) is 0 Å². The maximum atomic E-state index is 12.4. The van der Waals surface area contributed by atoms with Crippen LogP contribution in [0.25, 0.3) is 0 Å². The molecular formula is C16H21N5O2. The maximum absolute atomic E-state index is 12.4. The fourth-order valence-corrected chi connectivity index (χ4v) is 2.96. The zero-order valence-corrected chi connectivity index (χ0v) is 13.5.